The normalized spacial score (nSPS) is 13.2. The van der Waals surface area contributed by atoms with Crippen molar-refractivity contribution in [3.8, 4) is 0 Å². The largest absolute Gasteiger partial charge is 0.368 e. The molecule has 0 atom stereocenters. The van der Waals surface area contributed by atoms with Crippen LogP contribution in [0.25, 0.3) is 10.9 Å². The summed E-state index contributed by atoms with van der Waals surface area (Å²) in [5.41, 5.74) is 5.09. The Hall–Kier alpha value is -4.00. The summed E-state index contributed by atoms with van der Waals surface area (Å²) < 4.78 is 29.2. The molecule has 0 radical (unpaired) electrons. The molecule has 7 heteroatoms. The van der Waals surface area contributed by atoms with Crippen LogP contribution in [-0.4, -0.2) is 29.4 Å². The van der Waals surface area contributed by atoms with E-state index < -0.39 is 11.6 Å². The molecular formula is C29H28F2N4O. The minimum Gasteiger partial charge on any atom is -0.368 e. The lowest BCUT2D eigenvalue weighted by molar-refractivity contribution is 0.0951. The van der Waals surface area contributed by atoms with Crippen molar-refractivity contribution < 1.29 is 13.6 Å². The molecule has 2 heterocycles. The molecule has 5 rings (SSSR count). The zero-order valence-electron chi connectivity index (χ0n) is 20.3. The van der Waals surface area contributed by atoms with Crippen LogP contribution in [-0.2, 0) is 13.1 Å². The Morgan fingerprint density at radius 1 is 1.03 bits per heavy atom. The van der Waals surface area contributed by atoms with Crippen LogP contribution in [0.5, 0.6) is 0 Å². The number of aliphatic imine (C=N–C) groups is 1. The Kier molecular flexibility index (Phi) is 6.55. The van der Waals surface area contributed by atoms with Crippen LogP contribution in [0.15, 0.2) is 71.7 Å². The third-order valence-corrected chi connectivity index (χ3v) is 6.45. The van der Waals surface area contributed by atoms with Gasteiger partial charge in [-0.25, -0.2) is 8.78 Å². The quantitative estimate of drug-likeness (QED) is 0.369. The second kappa shape index (κ2) is 9.93. The number of fused-ring (bicyclic) bond motifs is 1. The summed E-state index contributed by atoms with van der Waals surface area (Å²) in [7, 11) is 0. The molecule has 5 nitrogen and oxygen atoms in total. The monoisotopic (exact) mass is 486 g/mol. The Balaban J connectivity index is 1.59. The molecule has 1 aliphatic heterocycles. The number of aromatic nitrogens is 1. The first-order valence-electron chi connectivity index (χ1n) is 12.1. The second-order valence-corrected chi connectivity index (χ2v) is 9.31. The first-order chi connectivity index (χ1) is 17.4. The van der Waals surface area contributed by atoms with Crippen molar-refractivity contribution in [3.05, 3.63) is 106 Å². The molecule has 0 unspecified atom stereocenters. The maximum absolute atomic E-state index is 13.7. The fraction of sp³-hybridized carbons (Fsp3) is 0.241. The summed E-state index contributed by atoms with van der Waals surface area (Å²) in [4.78, 5) is 18.1. The summed E-state index contributed by atoms with van der Waals surface area (Å²) in [5.74, 6) is -1.16. The fourth-order valence-electron chi connectivity index (χ4n) is 4.80. The topological polar surface area (TPSA) is 58.4 Å². The zero-order valence-corrected chi connectivity index (χ0v) is 20.3. The fourth-order valence-corrected chi connectivity index (χ4v) is 4.80. The molecular weight excluding hydrogens is 458 g/mol. The molecule has 4 aromatic rings. The van der Waals surface area contributed by atoms with Gasteiger partial charge in [-0.2, -0.15) is 0 Å². The van der Waals surface area contributed by atoms with Gasteiger partial charge in [-0.3, -0.25) is 9.79 Å². The van der Waals surface area contributed by atoms with E-state index in [1.807, 2.05) is 30.3 Å². The van der Waals surface area contributed by atoms with Gasteiger partial charge in [0.2, 0.25) is 0 Å². The summed E-state index contributed by atoms with van der Waals surface area (Å²) in [6.07, 6.45) is 0. The van der Waals surface area contributed by atoms with Gasteiger partial charge in [-0.1, -0.05) is 62.4 Å². The van der Waals surface area contributed by atoms with E-state index in [9.17, 15) is 13.6 Å². The average Bonchev–Trinajstić information content (AvgIpc) is 3.52. The van der Waals surface area contributed by atoms with E-state index in [4.69, 9.17) is 0 Å². The molecule has 0 spiro atoms. The predicted molar refractivity (Wildman–Crippen MR) is 139 cm³/mol. The number of amides is 1. The third kappa shape index (κ3) is 4.61. The number of halogens is 2. The van der Waals surface area contributed by atoms with Crippen molar-refractivity contribution in [1.29, 1.82) is 0 Å². The smallest absolute Gasteiger partial charge is 0.254 e. The predicted octanol–water partition coefficient (Wildman–Crippen LogP) is 5.37. The number of carbonyl (C=O) groups is 1. The molecule has 0 fully saturated rings. The van der Waals surface area contributed by atoms with E-state index in [1.165, 1.54) is 6.07 Å². The summed E-state index contributed by atoms with van der Waals surface area (Å²) in [6.45, 7) is 6.42. The summed E-state index contributed by atoms with van der Waals surface area (Å²) >= 11 is 0. The third-order valence-electron chi connectivity index (χ3n) is 6.45. The van der Waals surface area contributed by atoms with Gasteiger partial charge in [0, 0.05) is 36.3 Å². The van der Waals surface area contributed by atoms with Crippen molar-refractivity contribution in [2.75, 3.05) is 13.1 Å². The highest BCUT2D eigenvalue weighted by Crippen LogP contribution is 2.33. The van der Waals surface area contributed by atoms with Crippen molar-refractivity contribution in [2.24, 2.45) is 4.99 Å². The molecule has 184 valence electrons. The van der Waals surface area contributed by atoms with Crippen LogP contribution in [0.3, 0.4) is 0 Å². The summed E-state index contributed by atoms with van der Waals surface area (Å²) in [6, 6.07) is 19.9. The van der Waals surface area contributed by atoms with E-state index in [1.54, 1.807) is 0 Å². The molecule has 0 saturated carbocycles. The van der Waals surface area contributed by atoms with Crippen LogP contribution < -0.4 is 10.6 Å². The molecule has 1 aliphatic rings. The van der Waals surface area contributed by atoms with E-state index in [2.05, 4.69) is 52.2 Å². The molecule has 0 saturated heterocycles. The van der Waals surface area contributed by atoms with Gasteiger partial charge >= 0.3 is 0 Å². The van der Waals surface area contributed by atoms with Gasteiger partial charge in [-0.15, -0.1) is 0 Å². The van der Waals surface area contributed by atoms with Crippen molar-refractivity contribution >= 4 is 22.6 Å². The zero-order chi connectivity index (χ0) is 25.2. The molecule has 0 aliphatic carbocycles. The van der Waals surface area contributed by atoms with Crippen LogP contribution in [0.2, 0.25) is 0 Å². The van der Waals surface area contributed by atoms with Gasteiger partial charge in [0.05, 0.1) is 17.6 Å². The van der Waals surface area contributed by atoms with Crippen LogP contribution >= 0.6 is 0 Å². The Bertz CT molecular complexity index is 1460. The SMILES string of the molecule is CC(C)c1c(C(=O)NCc2ccc(F)c(F)c2)c2ccc(C3=NCCN3)cc2n1Cc1ccccc1. The number of nitrogens with one attached hydrogen (secondary N) is 2. The number of hydrogen-bond donors (Lipinski definition) is 2. The maximum atomic E-state index is 13.7. The van der Waals surface area contributed by atoms with Crippen LogP contribution in [0.1, 0.15) is 52.5 Å². The number of amidine groups is 1. The van der Waals surface area contributed by atoms with Crippen molar-refractivity contribution in [1.82, 2.24) is 15.2 Å². The average molecular weight is 487 g/mol. The highest BCUT2D eigenvalue weighted by Gasteiger charge is 2.25. The lowest BCUT2D eigenvalue weighted by atomic mass is 10.0. The maximum Gasteiger partial charge on any atom is 0.254 e. The summed E-state index contributed by atoms with van der Waals surface area (Å²) in [5, 5.41) is 7.09. The number of rotatable bonds is 7. The van der Waals surface area contributed by atoms with Crippen LogP contribution in [0, 0.1) is 11.6 Å². The molecule has 3 aromatic carbocycles. The van der Waals surface area contributed by atoms with Gasteiger partial charge in [0.1, 0.15) is 5.84 Å². The Labute approximate surface area is 208 Å². The Morgan fingerprint density at radius 2 is 1.83 bits per heavy atom. The molecule has 36 heavy (non-hydrogen) atoms. The van der Waals surface area contributed by atoms with E-state index >= 15 is 0 Å². The van der Waals surface area contributed by atoms with Gasteiger partial charge in [-0.05, 0) is 35.2 Å². The van der Waals surface area contributed by atoms with Crippen molar-refractivity contribution in [3.63, 3.8) is 0 Å². The minimum absolute atomic E-state index is 0.0653. The number of carbonyl (C=O) groups excluding carboxylic acids is 1. The number of nitrogens with zero attached hydrogens (tertiary/aromatic N) is 2. The van der Waals surface area contributed by atoms with E-state index in [-0.39, 0.29) is 18.4 Å². The van der Waals surface area contributed by atoms with E-state index in [0.29, 0.717) is 17.7 Å². The standard InChI is InChI=1S/C29H28F2N4O/c1-18(2)27-26(29(36)34-16-20-8-11-23(30)24(31)14-20)22-10-9-21(28-32-12-13-33-28)15-25(22)35(27)17-19-6-4-3-5-7-19/h3-11,14-15,18H,12-13,16-17H2,1-2H3,(H,32,33)(H,34,36). The molecule has 1 aromatic heterocycles. The number of hydrogen-bond acceptors (Lipinski definition) is 3. The lowest BCUT2D eigenvalue weighted by Gasteiger charge is -2.16. The van der Waals surface area contributed by atoms with Gasteiger partial charge in [0.15, 0.2) is 11.6 Å². The van der Waals surface area contributed by atoms with Crippen molar-refractivity contribution in [2.45, 2.75) is 32.9 Å². The highest BCUT2D eigenvalue weighted by molar-refractivity contribution is 6.10. The molecule has 1 amide bonds. The molecule has 2 N–H and O–H groups in total. The first kappa shape index (κ1) is 23.7. The van der Waals surface area contributed by atoms with Gasteiger partial charge in [0.25, 0.3) is 5.91 Å². The second-order valence-electron chi connectivity index (χ2n) is 9.31. The van der Waals surface area contributed by atoms with Crippen LogP contribution in [0.4, 0.5) is 8.78 Å². The molecule has 0 bridgehead atoms. The number of benzene rings is 3. The lowest BCUT2D eigenvalue weighted by Crippen LogP contribution is -2.24. The minimum atomic E-state index is -0.931. The van der Waals surface area contributed by atoms with E-state index in [0.717, 1.165) is 58.8 Å². The first-order valence-corrected chi connectivity index (χ1v) is 12.1. The Morgan fingerprint density at radius 3 is 2.53 bits per heavy atom. The highest BCUT2D eigenvalue weighted by atomic mass is 19.2. The van der Waals surface area contributed by atoms with Gasteiger partial charge < -0.3 is 15.2 Å².